The molecule has 1 heterocycles. The molecule has 0 spiro atoms. The molecule has 0 bridgehead atoms. The average Bonchev–Trinajstić information content (AvgIpc) is 2.27. The molecular weight excluding hydrogens is 200 g/mol. The van der Waals surface area contributed by atoms with Crippen molar-refractivity contribution in [3.05, 3.63) is 23.5 Å². The largest absolute Gasteiger partial charge is 0.492 e. The second kappa shape index (κ2) is 6.86. The van der Waals surface area contributed by atoms with Gasteiger partial charge in [0.2, 0.25) is 0 Å². The van der Waals surface area contributed by atoms with Crippen LogP contribution in [0.15, 0.2) is 12.1 Å². The second-order valence-corrected chi connectivity index (χ2v) is 3.59. The number of ether oxygens (including phenoxy) is 1. The summed E-state index contributed by atoms with van der Waals surface area (Å²) in [5.74, 6) is 3.41. The van der Waals surface area contributed by atoms with E-state index in [4.69, 9.17) is 16.9 Å². The number of hydrogen-bond acceptors (Lipinski definition) is 3. The number of terminal acetylenes is 1. The van der Waals surface area contributed by atoms with Crippen molar-refractivity contribution in [2.45, 2.75) is 26.2 Å². The number of rotatable bonds is 6. The molecule has 3 heteroatoms. The zero-order chi connectivity index (χ0) is 11.8. The van der Waals surface area contributed by atoms with Gasteiger partial charge in [0.1, 0.15) is 5.75 Å². The van der Waals surface area contributed by atoms with Crippen molar-refractivity contribution in [3.8, 4) is 18.1 Å². The lowest BCUT2D eigenvalue weighted by Gasteiger charge is -2.10. The summed E-state index contributed by atoms with van der Waals surface area (Å²) >= 11 is 0. The number of aromatic nitrogens is 1. The minimum absolute atomic E-state index is 0.581. The summed E-state index contributed by atoms with van der Waals surface area (Å²) in [6, 6.07) is 3.89. The Morgan fingerprint density at radius 3 is 3.00 bits per heavy atom. The van der Waals surface area contributed by atoms with Gasteiger partial charge in [-0.05, 0) is 32.0 Å². The number of nitrogens with zero attached hydrogens (tertiary/aromatic N) is 1. The van der Waals surface area contributed by atoms with Crippen molar-refractivity contribution in [1.29, 1.82) is 0 Å². The van der Waals surface area contributed by atoms with E-state index >= 15 is 0 Å². The third-order valence-corrected chi connectivity index (χ3v) is 2.18. The fourth-order valence-corrected chi connectivity index (χ4v) is 1.40. The topological polar surface area (TPSA) is 48.1 Å². The van der Waals surface area contributed by atoms with E-state index in [0.717, 1.165) is 36.4 Å². The highest BCUT2D eigenvalue weighted by Crippen LogP contribution is 2.17. The summed E-state index contributed by atoms with van der Waals surface area (Å²) in [6.07, 6.45) is 7.52. The van der Waals surface area contributed by atoms with E-state index in [1.807, 2.05) is 19.1 Å². The van der Waals surface area contributed by atoms with Crippen molar-refractivity contribution in [1.82, 2.24) is 4.98 Å². The van der Waals surface area contributed by atoms with Crippen LogP contribution in [0.1, 0.15) is 24.2 Å². The number of pyridine rings is 1. The van der Waals surface area contributed by atoms with Gasteiger partial charge in [-0.3, -0.25) is 4.98 Å². The molecule has 3 nitrogen and oxygen atoms in total. The van der Waals surface area contributed by atoms with Gasteiger partial charge >= 0.3 is 0 Å². The third-order valence-electron chi connectivity index (χ3n) is 2.18. The SMILES string of the molecule is C#CCCCOc1ccc(C)nc1CCN. The maximum Gasteiger partial charge on any atom is 0.140 e. The number of aryl methyl sites for hydroxylation is 1. The molecule has 0 radical (unpaired) electrons. The average molecular weight is 218 g/mol. The Morgan fingerprint density at radius 1 is 1.50 bits per heavy atom. The molecular formula is C13H18N2O. The predicted molar refractivity (Wildman–Crippen MR) is 65.3 cm³/mol. The van der Waals surface area contributed by atoms with E-state index in [-0.39, 0.29) is 0 Å². The van der Waals surface area contributed by atoms with Crippen molar-refractivity contribution < 1.29 is 4.74 Å². The zero-order valence-electron chi connectivity index (χ0n) is 9.70. The van der Waals surface area contributed by atoms with Gasteiger partial charge in [-0.15, -0.1) is 12.3 Å². The molecule has 1 aromatic rings. The standard InChI is InChI=1S/C13H18N2O/c1-3-4-5-10-16-13-7-6-11(2)15-12(13)8-9-14/h1,6-7H,4-5,8-10,14H2,2H3. The summed E-state index contributed by atoms with van der Waals surface area (Å²) < 4.78 is 5.63. The first-order valence-electron chi connectivity index (χ1n) is 5.50. The van der Waals surface area contributed by atoms with Crippen molar-refractivity contribution in [2.75, 3.05) is 13.2 Å². The molecule has 0 saturated carbocycles. The number of hydrogen-bond donors (Lipinski definition) is 1. The lowest BCUT2D eigenvalue weighted by atomic mass is 10.2. The number of nitrogens with two attached hydrogens (primary N) is 1. The molecule has 2 N–H and O–H groups in total. The van der Waals surface area contributed by atoms with Crippen LogP contribution in [-0.2, 0) is 6.42 Å². The van der Waals surface area contributed by atoms with Gasteiger partial charge in [0.05, 0.1) is 12.3 Å². The first kappa shape index (κ1) is 12.5. The third kappa shape index (κ3) is 3.92. The van der Waals surface area contributed by atoms with Crippen molar-refractivity contribution in [2.24, 2.45) is 5.73 Å². The van der Waals surface area contributed by atoms with Crippen LogP contribution in [0.3, 0.4) is 0 Å². The summed E-state index contributed by atoms with van der Waals surface area (Å²) in [4.78, 5) is 4.42. The van der Waals surface area contributed by atoms with Gasteiger partial charge in [0.25, 0.3) is 0 Å². The van der Waals surface area contributed by atoms with Gasteiger partial charge in [-0.25, -0.2) is 0 Å². The van der Waals surface area contributed by atoms with Gasteiger partial charge in [0.15, 0.2) is 0 Å². The molecule has 0 amide bonds. The summed E-state index contributed by atoms with van der Waals surface area (Å²) in [6.45, 7) is 3.17. The molecule has 0 aliphatic rings. The molecule has 0 fully saturated rings. The summed E-state index contributed by atoms with van der Waals surface area (Å²) in [7, 11) is 0. The van der Waals surface area contributed by atoms with Crippen molar-refractivity contribution in [3.63, 3.8) is 0 Å². The Bertz CT molecular complexity index is 369. The summed E-state index contributed by atoms with van der Waals surface area (Å²) in [5.41, 5.74) is 7.45. The number of unbranched alkanes of at least 4 members (excludes halogenated alkanes) is 1. The van der Waals surface area contributed by atoms with Gasteiger partial charge < -0.3 is 10.5 Å². The minimum atomic E-state index is 0.581. The Morgan fingerprint density at radius 2 is 2.31 bits per heavy atom. The van der Waals surface area contributed by atoms with Gasteiger partial charge in [0, 0.05) is 18.5 Å². The highest BCUT2D eigenvalue weighted by Gasteiger charge is 2.04. The highest BCUT2D eigenvalue weighted by atomic mass is 16.5. The quantitative estimate of drug-likeness (QED) is 0.584. The van der Waals surface area contributed by atoms with E-state index in [0.29, 0.717) is 13.2 Å². The van der Waals surface area contributed by atoms with Crippen LogP contribution < -0.4 is 10.5 Å². The molecule has 86 valence electrons. The highest BCUT2D eigenvalue weighted by molar-refractivity contribution is 5.29. The van der Waals surface area contributed by atoms with Gasteiger partial charge in [-0.1, -0.05) is 0 Å². The monoisotopic (exact) mass is 218 g/mol. The molecule has 0 saturated heterocycles. The maximum atomic E-state index is 5.63. The van der Waals surface area contributed by atoms with Crippen LogP contribution in [0.2, 0.25) is 0 Å². The van der Waals surface area contributed by atoms with Crippen LogP contribution in [0.4, 0.5) is 0 Å². The molecule has 0 atom stereocenters. The minimum Gasteiger partial charge on any atom is -0.492 e. The Kier molecular flexibility index (Phi) is 5.38. The zero-order valence-corrected chi connectivity index (χ0v) is 9.70. The first-order valence-corrected chi connectivity index (χ1v) is 5.50. The van der Waals surface area contributed by atoms with Crippen LogP contribution >= 0.6 is 0 Å². The lowest BCUT2D eigenvalue weighted by molar-refractivity contribution is 0.308. The smallest absolute Gasteiger partial charge is 0.140 e. The molecule has 0 aromatic carbocycles. The molecule has 1 rings (SSSR count). The van der Waals surface area contributed by atoms with E-state index < -0.39 is 0 Å². The van der Waals surface area contributed by atoms with Crippen LogP contribution in [0, 0.1) is 19.3 Å². The predicted octanol–water partition coefficient (Wildman–Crippen LogP) is 1.68. The van der Waals surface area contributed by atoms with Crippen LogP contribution in [0.25, 0.3) is 0 Å². The first-order chi connectivity index (χ1) is 7.77. The fourth-order valence-electron chi connectivity index (χ4n) is 1.40. The Hall–Kier alpha value is -1.53. The van der Waals surface area contributed by atoms with E-state index in [1.54, 1.807) is 0 Å². The Labute approximate surface area is 97.0 Å². The fraction of sp³-hybridized carbons (Fsp3) is 0.462. The Balaban J connectivity index is 2.60. The molecule has 0 unspecified atom stereocenters. The molecule has 16 heavy (non-hydrogen) atoms. The van der Waals surface area contributed by atoms with Crippen LogP contribution in [-0.4, -0.2) is 18.1 Å². The maximum absolute atomic E-state index is 5.63. The molecule has 0 aliphatic heterocycles. The lowest BCUT2D eigenvalue weighted by Crippen LogP contribution is -2.08. The normalized spacial score (nSPS) is 9.81. The van der Waals surface area contributed by atoms with E-state index in [2.05, 4.69) is 10.9 Å². The molecule has 0 aliphatic carbocycles. The molecule has 1 aromatic heterocycles. The van der Waals surface area contributed by atoms with E-state index in [1.165, 1.54) is 0 Å². The van der Waals surface area contributed by atoms with Gasteiger partial charge in [-0.2, -0.15) is 0 Å². The van der Waals surface area contributed by atoms with Crippen molar-refractivity contribution >= 4 is 0 Å². The van der Waals surface area contributed by atoms with Crippen LogP contribution in [0.5, 0.6) is 5.75 Å². The second-order valence-electron chi connectivity index (χ2n) is 3.59. The summed E-state index contributed by atoms with van der Waals surface area (Å²) in [5, 5.41) is 0. The van der Waals surface area contributed by atoms with E-state index in [9.17, 15) is 0 Å².